The van der Waals surface area contributed by atoms with Gasteiger partial charge in [-0.1, -0.05) is 39.0 Å². The van der Waals surface area contributed by atoms with Gasteiger partial charge >= 0.3 is 0 Å². The van der Waals surface area contributed by atoms with Crippen LogP contribution in [0.15, 0.2) is 0 Å². The van der Waals surface area contributed by atoms with E-state index in [2.05, 4.69) is 16.4 Å². The summed E-state index contributed by atoms with van der Waals surface area (Å²) in [4.78, 5) is 0. The van der Waals surface area contributed by atoms with Crippen LogP contribution >= 0.6 is 0 Å². The Kier molecular flexibility index (Phi) is 8.77. The van der Waals surface area contributed by atoms with Crippen LogP contribution in [0, 0.1) is 0 Å². The summed E-state index contributed by atoms with van der Waals surface area (Å²) in [5, 5.41) is 28.5. The van der Waals surface area contributed by atoms with Crippen LogP contribution in [-0.2, 0) is 14.9 Å². The zero-order chi connectivity index (χ0) is 16.6. The second-order valence-corrected chi connectivity index (χ2v) is 7.12. The quantitative estimate of drug-likeness (QED) is 0.332. The highest BCUT2D eigenvalue weighted by atomic mass is 32.2. The lowest BCUT2D eigenvalue weighted by Gasteiger charge is -2.35. The van der Waals surface area contributed by atoms with Gasteiger partial charge in [0.25, 0.3) is 10.2 Å². The summed E-state index contributed by atoms with van der Waals surface area (Å²) in [6, 6.07) is 0. The van der Waals surface area contributed by atoms with E-state index in [0.717, 1.165) is 25.7 Å². The van der Waals surface area contributed by atoms with Crippen LogP contribution in [0.25, 0.3) is 0 Å². The summed E-state index contributed by atoms with van der Waals surface area (Å²) in [6.45, 7) is 2.19. The van der Waals surface area contributed by atoms with Gasteiger partial charge in [-0.25, -0.2) is 4.72 Å². The lowest BCUT2D eigenvalue weighted by molar-refractivity contribution is -0.189. The maximum Gasteiger partial charge on any atom is 0.279 e. The van der Waals surface area contributed by atoms with Crippen LogP contribution in [0.4, 0.5) is 0 Å². The summed E-state index contributed by atoms with van der Waals surface area (Å²) in [7, 11) is -3.83. The Bertz CT molecular complexity index is 405. The van der Waals surface area contributed by atoms with E-state index in [1.165, 1.54) is 12.8 Å². The topological polar surface area (TPSA) is 128 Å². The molecule has 22 heavy (non-hydrogen) atoms. The minimum absolute atomic E-state index is 0.247. The highest BCUT2D eigenvalue weighted by Gasteiger charge is 2.39. The van der Waals surface area contributed by atoms with Gasteiger partial charge in [-0.3, -0.25) is 0 Å². The first kappa shape index (κ1) is 19.8. The molecule has 0 aromatic rings. The van der Waals surface area contributed by atoms with E-state index < -0.39 is 34.7 Å². The van der Waals surface area contributed by atoms with E-state index in [1.807, 2.05) is 0 Å². The third-order valence-corrected chi connectivity index (χ3v) is 4.72. The summed E-state index contributed by atoms with van der Waals surface area (Å²) in [6.07, 6.45) is 0.818. The van der Waals surface area contributed by atoms with Crippen molar-refractivity contribution >= 4 is 10.2 Å². The summed E-state index contributed by atoms with van der Waals surface area (Å²) < 4.78 is 33.1. The standard InChI is InChI=1S/C13H28N2O6S/c1-2-3-4-5-6-7-8-14-22(19,20)15-13-12(18)11(17)10(16)9-21-13/h10-18H,2-9H2,1H3/t10-,11-,12+,13+/m1/s1. The lowest BCUT2D eigenvalue weighted by atomic mass is 10.1. The molecule has 0 aromatic carbocycles. The molecule has 0 aromatic heterocycles. The summed E-state index contributed by atoms with van der Waals surface area (Å²) in [5.74, 6) is 0. The monoisotopic (exact) mass is 340 g/mol. The lowest BCUT2D eigenvalue weighted by Crippen LogP contribution is -2.60. The first-order chi connectivity index (χ1) is 10.4. The molecule has 1 heterocycles. The van der Waals surface area contributed by atoms with E-state index in [1.54, 1.807) is 0 Å². The van der Waals surface area contributed by atoms with Gasteiger partial charge in [-0.15, -0.1) is 0 Å². The number of hydrogen-bond acceptors (Lipinski definition) is 6. The summed E-state index contributed by atoms with van der Waals surface area (Å²) in [5.41, 5.74) is 0. The highest BCUT2D eigenvalue weighted by Crippen LogP contribution is 2.14. The van der Waals surface area contributed by atoms with Crippen LogP contribution in [0.3, 0.4) is 0 Å². The zero-order valence-corrected chi connectivity index (χ0v) is 13.8. The highest BCUT2D eigenvalue weighted by molar-refractivity contribution is 7.87. The fourth-order valence-corrected chi connectivity index (χ4v) is 3.23. The van der Waals surface area contributed by atoms with Gasteiger partial charge in [0.15, 0.2) is 6.23 Å². The number of hydrogen-bond donors (Lipinski definition) is 5. The Morgan fingerprint density at radius 2 is 1.68 bits per heavy atom. The zero-order valence-electron chi connectivity index (χ0n) is 12.9. The van der Waals surface area contributed by atoms with Crippen molar-refractivity contribution < 1.29 is 28.5 Å². The number of aliphatic hydroxyl groups excluding tert-OH is 3. The Morgan fingerprint density at radius 3 is 2.36 bits per heavy atom. The fraction of sp³-hybridized carbons (Fsp3) is 1.00. The molecule has 0 unspecified atom stereocenters. The SMILES string of the molecule is CCCCCCCCNS(=O)(=O)N[C@H]1OC[C@@H](O)[C@@H](O)[C@@H]1O. The van der Waals surface area contributed by atoms with Crippen LogP contribution in [0.2, 0.25) is 0 Å². The number of nitrogens with one attached hydrogen (secondary N) is 2. The van der Waals surface area contributed by atoms with Crippen LogP contribution in [-0.4, -0.2) is 61.4 Å². The molecule has 0 aliphatic carbocycles. The second kappa shape index (κ2) is 9.76. The molecule has 8 nitrogen and oxygen atoms in total. The molecule has 4 atom stereocenters. The van der Waals surface area contributed by atoms with Crippen LogP contribution in [0.5, 0.6) is 0 Å². The molecule has 0 radical (unpaired) electrons. The largest absolute Gasteiger partial charge is 0.388 e. The number of unbranched alkanes of at least 4 members (excludes halogenated alkanes) is 5. The second-order valence-electron chi connectivity index (χ2n) is 5.59. The average Bonchev–Trinajstić information content (AvgIpc) is 2.47. The minimum atomic E-state index is -3.83. The Hall–Kier alpha value is -0.290. The van der Waals surface area contributed by atoms with Crippen LogP contribution < -0.4 is 9.44 Å². The molecule has 1 aliphatic heterocycles. The molecule has 1 rings (SSSR count). The number of ether oxygens (including phenoxy) is 1. The minimum Gasteiger partial charge on any atom is -0.388 e. The predicted octanol–water partition coefficient (Wildman–Crippen LogP) is -0.790. The van der Waals surface area contributed by atoms with Crippen molar-refractivity contribution in [3.63, 3.8) is 0 Å². The molecular weight excluding hydrogens is 312 g/mol. The molecule has 1 fully saturated rings. The van der Waals surface area contributed by atoms with Gasteiger partial charge in [0, 0.05) is 6.54 Å². The van der Waals surface area contributed by atoms with E-state index in [0.29, 0.717) is 6.54 Å². The van der Waals surface area contributed by atoms with E-state index >= 15 is 0 Å². The maximum absolute atomic E-state index is 11.8. The number of aliphatic hydroxyl groups is 3. The third-order valence-electron chi connectivity index (χ3n) is 3.59. The predicted molar refractivity (Wildman–Crippen MR) is 81.2 cm³/mol. The smallest absolute Gasteiger partial charge is 0.279 e. The van der Waals surface area contributed by atoms with Gasteiger partial charge in [-0.2, -0.15) is 13.1 Å². The van der Waals surface area contributed by atoms with Crippen molar-refractivity contribution in [1.82, 2.24) is 9.44 Å². The normalized spacial score (nSPS) is 29.6. The summed E-state index contributed by atoms with van der Waals surface area (Å²) >= 11 is 0. The third kappa shape index (κ3) is 6.86. The molecular formula is C13H28N2O6S. The van der Waals surface area contributed by atoms with Crippen molar-refractivity contribution in [2.75, 3.05) is 13.2 Å². The molecule has 0 saturated carbocycles. The van der Waals surface area contributed by atoms with Gasteiger partial charge in [-0.05, 0) is 6.42 Å². The molecule has 0 spiro atoms. The Labute approximate surface area is 132 Å². The van der Waals surface area contributed by atoms with Gasteiger partial charge < -0.3 is 20.1 Å². The van der Waals surface area contributed by atoms with Gasteiger partial charge in [0.2, 0.25) is 0 Å². The average molecular weight is 340 g/mol. The molecule has 0 amide bonds. The maximum atomic E-state index is 11.8. The number of rotatable bonds is 10. The van der Waals surface area contributed by atoms with Crippen molar-refractivity contribution in [3.05, 3.63) is 0 Å². The first-order valence-electron chi connectivity index (χ1n) is 7.80. The Balaban J connectivity index is 2.26. The van der Waals surface area contributed by atoms with E-state index in [4.69, 9.17) is 4.74 Å². The molecule has 0 bridgehead atoms. The van der Waals surface area contributed by atoms with E-state index in [9.17, 15) is 23.7 Å². The van der Waals surface area contributed by atoms with Gasteiger partial charge in [0.05, 0.1) is 6.61 Å². The molecule has 9 heteroatoms. The first-order valence-corrected chi connectivity index (χ1v) is 9.28. The molecule has 1 aliphatic rings. The molecule has 1 saturated heterocycles. The van der Waals surface area contributed by atoms with Crippen molar-refractivity contribution in [3.8, 4) is 0 Å². The Morgan fingerprint density at radius 1 is 1.05 bits per heavy atom. The molecule has 132 valence electrons. The fourth-order valence-electron chi connectivity index (χ4n) is 2.22. The van der Waals surface area contributed by atoms with Gasteiger partial charge in [0.1, 0.15) is 18.3 Å². The van der Waals surface area contributed by atoms with Crippen molar-refractivity contribution in [1.29, 1.82) is 0 Å². The van der Waals surface area contributed by atoms with Crippen molar-refractivity contribution in [2.24, 2.45) is 0 Å². The van der Waals surface area contributed by atoms with E-state index in [-0.39, 0.29) is 6.61 Å². The van der Waals surface area contributed by atoms with Crippen LogP contribution in [0.1, 0.15) is 45.4 Å². The molecule has 5 N–H and O–H groups in total. The van der Waals surface area contributed by atoms with Crippen molar-refractivity contribution in [2.45, 2.75) is 70.0 Å².